The first-order chi connectivity index (χ1) is 12.4. The highest BCUT2D eigenvalue weighted by atomic mass is 19.1. The molecule has 0 aliphatic rings. The van der Waals surface area contributed by atoms with Crippen molar-refractivity contribution in [3.05, 3.63) is 71.0 Å². The molecule has 138 valence electrons. The molecule has 1 atom stereocenters. The number of nitrogens with zero attached hydrogens (tertiary/aromatic N) is 1. The fourth-order valence-corrected chi connectivity index (χ4v) is 2.37. The molecular weight excluding hydrogens is 341 g/mol. The van der Waals surface area contributed by atoms with Gasteiger partial charge in [-0.15, -0.1) is 0 Å². The number of amides is 1. The number of benzene rings is 2. The molecule has 0 aliphatic heterocycles. The van der Waals surface area contributed by atoms with Gasteiger partial charge in [0.05, 0.1) is 30.4 Å². The van der Waals surface area contributed by atoms with E-state index in [2.05, 4.69) is 0 Å². The van der Waals surface area contributed by atoms with Gasteiger partial charge in [-0.1, -0.05) is 30.3 Å². The number of likely N-dealkylation sites (N-methyl/N-ethyl adjacent to an activating group) is 1. The van der Waals surface area contributed by atoms with Crippen molar-refractivity contribution in [1.82, 2.24) is 4.90 Å². The standard InChI is InChI=1S/C19H20FNO5/c1-21(10-15(22)12-26-11-13-5-3-2-4-6-13)18(23)16-8-7-14(19(24)25)9-17(16)20/h2-9,15,22H,10-12H2,1H3,(H,24,25). The number of carbonyl (C=O) groups is 2. The molecule has 2 N–H and O–H groups in total. The number of carboxylic acids is 1. The summed E-state index contributed by atoms with van der Waals surface area (Å²) < 4.78 is 19.4. The molecule has 2 aromatic rings. The van der Waals surface area contributed by atoms with E-state index in [-0.39, 0.29) is 24.3 Å². The molecule has 2 rings (SSSR count). The van der Waals surface area contributed by atoms with Gasteiger partial charge in [0.25, 0.3) is 5.91 Å². The predicted molar refractivity (Wildman–Crippen MR) is 92.4 cm³/mol. The van der Waals surface area contributed by atoms with Crippen LogP contribution in [0, 0.1) is 5.82 Å². The molecular formula is C19H20FNO5. The summed E-state index contributed by atoms with van der Waals surface area (Å²) in [6.07, 6.45) is -0.936. The average molecular weight is 361 g/mol. The van der Waals surface area contributed by atoms with E-state index in [4.69, 9.17) is 9.84 Å². The highest BCUT2D eigenvalue weighted by Crippen LogP contribution is 2.13. The zero-order valence-electron chi connectivity index (χ0n) is 14.3. The SMILES string of the molecule is CN(CC(O)COCc1ccccc1)C(=O)c1ccc(C(=O)O)cc1F. The molecule has 0 aromatic heterocycles. The van der Waals surface area contributed by atoms with E-state index in [9.17, 15) is 19.1 Å². The molecule has 0 saturated heterocycles. The number of rotatable bonds is 8. The predicted octanol–water partition coefficient (Wildman–Crippen LogP) is 2.17. The fourth-order valence-electron chi connectivity index (χ4n) is 2.37. The summed E-state index contributed by atoms with van der Waals surface area (Å²) in [6, 6.07) is 12.5. The molecule has 0 heterocycles. The quantitative estimate of drug-likeness (QED) is 0.752. The zero-order chi connectivity index (χ0) is 19.1. The van der Waals surface area contributed by atoms with Crippen LogP contribution in [0.15, 0.2) is 48.5 Å². The van der Waals surface area contributed by atoms with Crippen LogP contribution in [0.25, 0.3) is 0 Å². The van der Waals surface area contributed by atoms with Crippen LogP contribution < -0.4 is 0 Å². The lowest BCUT2D eigenvalue weighted by Crippen LogP contribution is -2.36. The van der Waals surface area contributed by atoms with Crippen LogP contribution in [0.4, 0.5) is 4.39 Å². The van der Waals surface area contributed by atoms with E-state index in [1.807, 2.05) is 30.3 Å². The molecule has 0 radical (unpaired) electrons. The minimum absolute atomic E-state index is 0.0208. The van der Waals surface area contributed by atoms with Crippen molar-refractivity contribution >= 4 is 11.9 Å². The second kappa shape index (κ2) is 9.07. The molecule has 0 spiro atoms. The van der Waals surface area contributed by atoms with E-state index in [0.717, 1.165) is 28.7 Å². The summed E-state index contributed by atoms with van der Waals surface area (Å²) in [6.45, 7) is 0.307. The monoisotopic (exact) mass is 361 g/mol. The third-order valence-electron chi connectivity index (χ3n) is 3.70. The summed E-state index contributed by atoms with van der Waals surface area (Å²) in [7, 11) is 1.42. The highest BCUT2D eigenvalue weighted by Gasteiger charge is 2.20. The van der Waals surface area contributed by atoms with Gasteiger partial charge in [0.1, 0.15) is 5.82 Å². The van der Waals surface area contributed by atoms with Gasteiger partial charge >= 0.3 is 5.97 Å². The molecule has 1 unspecified atom stereocenters. The van der Waals surface area contributed by atoms with Gasteiger partial charge in [-0.2, -0.15) is 0 Å². The Morgan fingerprint density at radius 3 is 2.50 bits per heavy atom. The Bertz CT molecular complexity index is 766. The number of carboxylic acid groups (broad SMARTS) is 1. The number of aliphatic hydroxyl groups excluding tert-OH is 1. The van der Waals surface area contributed by atoms with Gasteiger partial charge in [0, 0.05) is 13.6 Å². The van der Waals surface area contributed by atoms with Crippen molar-refractivity contribution in [3.8, 4) is 0 Å². The van der Waals surface area contributed by atoms with Crippen molar-refractivity contribution in [3.63, 3.8) is 0 Å². The average Bonchev–Trinajstić information content (AvgIpc) is 2.61. The van der Waals surface area contributed by atoms with Crippen molar-refractivity contribution in [1.29, 1.82) is 0 Å². The van der Waals surface area contributed by atoms with Gasteiger partial charge in [-0.25, -0.2) is 9.18 Å². The maximum atomic E-state index is 14.0. The van der Waals surface area contributed by atoms with Crippen molar-refractivity contribution in [2.45, 2.75) is 12.7 Å². The molecule has 1 amide bonds. The Labute approximate surface area is 150 Å². The fraction of sp³-hybridized carbons (Fsp3) is 0.263. The van der Waals surface area contributed by atoms with Gasteiger partial charge in [-0.05, 0) is 23.8 Å². The van der Waals surface area contributed by atoms with E-state index < -0.39 is 23.8 Å². The van der Waals surface area contributed by atoms with E-state index in [1.165, 1.54) is 7.05 Å². The molecule has 0 bridgehead atoms. The van der Waals surface area contributed by atoms with E-state index >= 15 is 0 Å². The Balaban J connectivity index is 1.87. The minimum Gasteiger partial charge on any atom is -0.478 e. The van der Waals surface area contributed by atoms with Gasteiger partial charge in [0.15, 0.2) is 0 Å². The largest absolute Gasteiger partial charge is 0.478 e. The molecule has 26 heavy (non-hydrogen) atoms. The van der Waals surface area contributed by atoms with Crippen LogP contribution >= 0.6 is 0 Å². The van der Waals surface area contributed by atoms with Crippen molar-refractivity contribution in [2.75, 3.05) is 20.2 Å². The molecule has 2 aromatic carbocycles. The van der Waals surface area contributed by atoms with Crippen LogP contribution in [0.5, 0.6) is 0 Å². The third-order valence-corrected chi connectivity index (χ3v) is 3.70. The summed E-state index contributed by atoms with van der Waals surface area (Å²) in [4.78, 5) is 24.2. The van der Waals surface area contributed by atoms with E-state index in [0.29, 0.717) is 6.61 Å². The van der Waals surface area contributed by atoms with Gasteiger partial charge < -0.3 is 19.8 Å². The molecule has 7 heteroatoms. The first-order valence-corrected chi connectivity index (χ1v) is 7.96. The van der Waals surface area contributed by atoms with Crippen LogP contribution in [0.2, 0.25) is 0 Å². The first kappa shape index (κ1) is 19.6. The highest BCUT2D eigenvalue weighted by molar-refractivity contribution is 5.96. The second-order valence-electron chi connectivity index (χ2n) is 5.84. The Morgan fingerprint density at radius 1 is 1.19 bits per heavy atom. The Hall–Kier alpha value is -2.77. The number of carbonyl (C=O) groups excluding carboxylic acids is 1. The summed E-state index contributed by atoms with van der Waals surface area (Å²) >= 11 is 0. The molecule has 0 aliphatic carbocycles. The zero-order valence-corrected chi connectivity index (χ0v) is 14.3. The van der Waals surface area contributed by atoms with E-state index in [1.54, 1.807) is 0 Å². The number of aliphatic hydroxyl groups is 1. The summed E-state index contributed by atoms with van der Waals surface area (Å²) in [5.41, 5.74) is 0.468. The minimum atomic E-state index is -1.28. The molecule has 0 saturated carbocycles. The number of hydrogen-bond acceptors (Lipinski definition) is 4. The smallest absolute Gasteiger partial charge is 0.335 e. The maximum absolute atomic E-state index is 14.0. The number of aromatic carboxylic acids is 1. The Morgan fingerprint density at radius 2 is 1.88 bits per heavy atom. The lowest BCUT2D eigenvalue weighted by Gasteiger charge is -2.21. The van der Waals surface area contributed by atoms with Crippen LogP contribution in [0.1, 0.15) is 26.3 Å². The summed E-state index contributed by atoms with van der Waals surface area (Å²) in [5, 5.41) is 18.8. The Kier molecular flexibility index (Phi) is 6.82. The topological polar surface area (TPSA) is 87.1 Å². The van der Waals surface area contributed by atoms with Crippen LogP contribution in [-0.2, 0) is 11.3 Å². The maximum Gasteiger partial charge on any atom is 0.335 e. The van der Waals surface area contributed by atoms with Crippen LogP contribution in [0.3, 0.4) is 0 Å². The number of hydrogen-bond donors (Lipinski definition) is 2. The van der Waals surface area contributed by atoms with Gasteiger partial charge in [0.2, 0.25) is 0 Å². The second-order valence-corrected chi connectivity index (χ2v) is 5.84. The lowest BCUT2D eigenvalue weighted by molar-refractivity contribution is 0.0136. The summed E-state index contributed by atoms with van der Waals surface area (Å²) in [5.74, 6) is -2.85. The molecule has 0 fully saturated rings. The third kappa shape index (κ3) is 5.37. The first-order valence-electron chi connectivity index (χ1n) is 7.96. The lowest BCUT2D eigenvalue weighted by atomic mass is 10.1. The normalized spacial score (nSPS) is 11.8. The molecule has 6 nitrogen and oxygen atoms in total. The van der Waals surface area contributed by atoms with Crippen LogP contribution in [-0.4, -0.2) is 53.3 Å². The van der Waals surface area contributed by atoms with Crippen molar-refractivity contribution in [2.24, 2.45) is 0 Å². The number of halogens is 1. The van der Waals surface area contributed by atoms with Crippen molar-refractivity contribution < 1.29 is 28.9 Å². The van der Waals surface area contributed by atoms with Gasteiger partial charge in [-0.3, -0.25) is 4.79 Å². The number of ether oxygens (including phenoxy) is 1.